The van der Waals surface area contributed by atoms with Gasteiger partial charge in [0.2, 0.25) is 11.2 Å². The Hall–Kier alpha value is -3.66. The van der Waals surface area contributed by atoms with E-state index in [1.165, 1.54) is 19.3 Å². The zero-order valence-electron chi connectivity index (χ0n) is 19.0. The molecule has 3 heterocycles. The standard InChI is InChI=1S/C17H19N3O3S.C6H6O3/c1-10-8-18-15(11(2)16(10)23-4)9-24(21)17-19-13-6-5-12(22-3)7-14(13)20-17;1-4-6(8)5(7)2-3-9-4/h5-8H,9H2,1-4H3,(H,19,20);2-3,8H,1H3. The predicted octanol–water partition coefficient (Wildman–Crippen LogP) is 3.55. The second-order valence-corrected chi connectivity index (χ2v) is 8.52. The van der Waals surface area contributed by atoms with E-state index in [0.717, 1.165) is 39.4 Å². The van der Waals surface area contributed by atoms with E-state index in [1.807, 2.05) is 32.0 Å². The Kier molecular flexibility index (Phi) is 7.49. The van der Waals surface area contributed by atoms with Crippen molar-refractivity contribution in [1.82, 2.24) is 15.0 Å². The van der Waals surface area contributed by atoms with E-state index >= 15 is 0 Å². The molecule has 10 heteroatoms. The number of aromatic amines is 1. The number of hydrogen-bond donors (Lipinski definition) is 2. The van der Waals surface area contributed by atoms with Crippen LogP contribution in [0.2, 0.25) is 0 Å². The maximum atomic E-state index is 12.7. The van der Waals surface area contributed by atoms with Crippen molar-refractivity contribution in [1.29, 1.82) is 0 Å². The summed E-state index contributed by atoms with van der Waals surface area (Å²) in [5.41, 5.74) is 3.76. The lowest BCUT2D eigenvalue weighted by Gasteiger charge is -2.11. The molecule has 33 heavy (non-hydrogen) atoms. The number of H-pyrrole nitrogens is 1. The number of aryl methyl sites for hydroxylation is 2. The van der Waals surface area contributed by atoms with Gasteiger partial charge in [-0.3, -0.25) is 14.0 Å². The van der Waals surface area contributed by atoms with Crippen molar-refractivity contribution in [3.63, 3.8) is 0 Å². The van der Waals surface area contributed by atoms with Crippen molar-refractivity contribution in [3.8, 4) is 17.2 Å². The molecule has 0 spiro atoms. The number of aromatic nitrogens is 3. The van der Waals surface area contributed by atoms with Crippen LogP contribution in [0.15, 0.2) is 51.1 Å². The molecule has 0 bridgehead atoms. The van der Waals surface area contributed by atoms with Crippen molar-refractivity contribution in [2.24, 2.45) is 0 Å². The third kappa shape index (κ3) is 5.40. The van der Waals surface area contributed by atoms with Crippen molar-refractivity contribution < 1.29 is 23.2 Å². The highest BCUT2D eigenvalue weighted by Crippen LogP contribution is 2.26. The first kappa shape index (κ1) is 24.0. The second-order valence-electron chi connectivity index (χ2n) is 7.15. The molecule has 174 valence electrons. The van der Waals surface area contributed by atoms with Gasteiger partial charge in [0.15, 0.2) is 5.16 Å². The minimum absolute atomic E-state index is 0.252. The molecule has 4 rings (SSSR count). The molecule has 0 fully saturated rings. The highest BCUT2D eigenvalue weighted by atomic mass is 32.2. The monoisotopic (exact) mass is 471 g/mol. The Balaban J connectivity index is 0.000000286. The number of pyridine rings is 1. The Bertz CT molecular complexity index is 1360. The molecular weight excluding hydrogens is 446 g/mol. The van der Waals surface area contributed by atoms with Crippen molar-refractivity contribution in [3.05, 3.63) is 69.5 Å². The van der Waals surface area contributed by atoms with Gasteiger partial charge in [-0.25, -0.2) is 4.98 Å². The van der Waals surface area contributed by atoms with Gasteiger partial charge in [-0.2, -0.15) is 0 Å². The van der Waals surface area contributed by atoms with E-state index < -0.39 is 16.2 Å². The Morgan fingerprint density at radius 2 is 1.91 bits per heavy atom. The number of benzene rings is 1. The summed E-state index contributed by atoms with van der Waals surface area (Å²) in [4.78, 5) is 22.4. The van der Waals surface area contributed by atoms with Gasteiger partial charge >= 0.3 is 0 Å². The van der Waals surface area contributed by atoms with Crippen LogP contribution in [0.1, 0.15) is 22.6 Å². The summed E-state index contributed by atoms with van der Waals surface area (Å²) >= 11 is 0. The summed E-state index contributed by atoms with van der Waals surface area (Å²) in [5, 5.41) is 9.23. The molecule has 4 aromatic rings. The van der Waals surface area contributed by atoms with Gasteiger partial charge in [0, 0.05) is 29.5 Å². The van der Waals surface area contributed by atoms with Crippen molar-refractivity contribution in [2.45, 2.75) is 31.7 Å². The van der Waals surface area contributed by atoms with Crippen LogP contribution in [0.3, 0.4) is 0 Å². The van der Waals surface area contributed by atoms with Gasteiger partial charge in [-0.1, -0.05) is 0 Å². The average molecular weight is 472 g/mol. The lowest BCUT2D eigenvalue weighted by molar-refractivity contribution is 0.407. The van der Waals surface area contributed by atoms with Crippen LogP contribution in [-0.4, -0.2) is 38.5 Å². The topological polar surface area (TPSA) is 128 Å². The normalized spacial score (nSPS) is 11.5. The SMILES string of the molecule is COc1ccc2nc(S(=O)Cc3ncc(C)c(OC)c3C)[nH]c2c1.Cc1occc(=O)c1O. The molecular formula is C23H25N3O6S. The molecule has 1 unspecified atom stereocenters. The van der Waals surface area contributed by atoms with E-state index in [4.69, 9.17) is 14.6 Å². The molecule has 0 saturated heterocycles. The molecule has 0 radical (unpaired) electrons. The Labute approximate surface area is 192 Å². The number of hydrogen-bond acceptors (Lipinski definition) is 8. The fourth-order valence-corrected chi connectivity index (χ4v) is 4.22. The first-order valence-corrected chi connectivity index (χ1v) is 11.3. The maximum Gasteiger partial charge on any atom is 0.226 e. The third-order valence-electron chi connectivity index (χ3n) is 4.93. The number of aromatic hydroxyl groups is 1. The maximum absolute atomic E-state index is 12.7. The highest BCUT2D eigenvalue weighted by molar-refractivity contribution is 7.84. The summed E-state index contributed by atoms with van der Waals surface area (Å²) in [6.45, 7) is 5.39. The number of ether oxygens (including phenoxy) is 2. The van der Waals surface area contributed by atoms with Crippen LogP contribution in [0.5, 0.6) is 17.2 Å². The Morgan fingerprint density at radius 3 is 2.55 bits per heavy atom. The van der Waals surface area contributed by atoms with Crippen LogP contribution >= 0.6 is 0 Å². The summed E-state index contributed by atoms with van der Waals surface area (Å²) in [7, 11) is 1.91. The lowest BCUT2D eigenvalue weighted by Crippen LogP contribution is -2.05. The van der Waals surface area contributed by atoms with Gasteiger partial charge < -0.3 is 24.0 Å². The first-order valence-electron chi connectivity index (χ1n) is 9.93. The van der Waals surface area contributed by atoms with Crippen LogP contribution in [0, 0.1) is 20.8 Å². The van der Waals surface area contributed by atoms with Gasteiger partial charge in [0.25, 0.3) is 0 Å². The molecule has 0 saturated carbocycles. The Morgan fingerprint density at radius 1 is 1.15 bits per heavy atom. The van der Waals surface area contributed by atoms with Gasteiger partial charge in [-0.15, -0.1) is 0 Å². The molecule has 2 N–H and O–H groups in total. The zero-order valence-corrected chi connectivity index (χ0v) is 19.8. The quantitative estimate of drug-likeness (QED) is 0.452. The number of nitrogens with zero attached hydrogens (tertiary/aromatic N) is 2. The molecule has 0 aliphatic carbocycles. The smallest absolute Gasteiger partial charge is 0.226 e. The third-order valence-corrected chi connectivity index (χ3v) is 6.09. The largest absolute Gasteiger partial charge is 0.502 e. The van der Waals surface area contributed by atoms with E-state index in [1.54, 1.807) is 20.4 Å². The fourth-order valence-electron chi connectivity index (χ4n) is 3.12. The number of methoxy groups -OCH3 is 2. The first-order chi connectivity index (χ1) is 15.7. The zero-order chi connectivity index (χ0) is 24.1. The summed E-state index contributed by atoms with van der Waals surface area (Å²) in [6, 6.07) is 6.67. The summed E-state index contributed by atoms with van der Waals surface area (Å²) in [6.07, 6.45) is 2.99. The fraction of sp³-hybridized carbons (Fsp3) is 0.261. The van der Waals surface area contributed by atoms with Crippen LogP contribution in [0.4, 0.5) is 0 Å². The molecule has 0 amide bonds. The summed E-state index contributed by atoms with van der Waals surface area (Å²) < 4.78 is 28.0. The van der Waals surface area contributed by atoms with E-state index in [9.17, 15) is 9.00 Å². The minimum atomic E-state index is -1.33. The number of fused-ring (bicyclic) bond motifs is 1. The number of rotatable bonds is 5. The molecule has 9 nitrogen and oxygen atoms in total. The van der Waals surface area contributed by atoms with E-state index in [2.05, 4.69) is 19.4 Å². The summed E-state index contributed by atoms with van der Waals surface area (Å²) in [5.74, 6) is 1.73. The predicted molar refractivity (Wildman–Crippen MR) is 124 cm³/mol. The molecule has 3 aromatic heterocycles. The average Bonchev–Trinajstić information content (AvgIpc) is 3.23. The molecule has 0 aliphatic rings. The van der Waals surface area contributed by atoms with E-state index in [-0.39, 0.29) is 17.3 Å². The van der Waals surface area contributed by atoms with Crippen LogP contribution < -0.4 is 14.9 Å². The van der Waals surface area contributed by atoms with Gasteiger partial charge in [0.05, 0.1) is 53.8 Å². The molecule has 1 aromatic carbocycles. The lowest BCUT2D eigenvalue weighted by atomic mass is 10.1. The van der Waals surface area contributed by atoms with Crippen LogP contribution in [-0.2, 0) is 16.6 Å². The van der Waals surface area contributed by atoms with Gasteiger partial charge in [0.1, 0.15) is 17.3 Å². The van der Waals surface area contributed by atoms with Crippen molar-refractivity contribution in [2.75, 3.05) is 14.2 Å². The highest BCUT2D eigenvalue weighted by Gasteiger charge is 2.16. The van der Waals surface area contributed by atoms with E-state index in [0.29, 0.717) is 5.16 Å². The number of nitrogens with one attached hydrogen (secondary N) is 1. The number of imidazole rings is 1. The second kappa shape index (κ2) is 10.3. The van der Waals surface area contributed by atoms with Crippen molar-refractivity contribution >= 4 is 21.8 Å². The molecule has 1 atom stereocenters. The molecule has 0 aliphatic heterocycles. The van der Waals surface area contributed by atoms with Crippen LogP contribution in [0.25, 0.3) is 11.0 Å². The van der Waals surface area contributed by atoms with Gasteiger partial charge in [-0.05, 0) is 32.9 Å². The minimum Gasteiger partial charge on any atom is -0.502 e.